The van der Waals surface area contributed by atoms with Crippen LogP contribution in [0.25, 0.3) is 11.5 Å². The van der Waals surface area contributed by atoms with Gasteiger partial charge >= 0.3 is 0 Å². The van der Waals surface area contributed by atoms with Gasteiger partial charge in [-0.1, -0.05) is 18.1 Å². The van der Waals surface area contributed by atoms with E-state index in [1.807, 2.05) is 31.2 Å². The molecule has 0 radical (unpaired) electrons. The molecule has 0 bridgehead atoms. The summed E-state index contributed by atoms with van der Waals surface area (Å²) in [5.41, 5.74) is 6.75. The fourth-order valence-electron chi connectivity index (χ4n) is 1.31. The van der Waals surface area contributed by atoms with Gasteiger partial charge in [-0.3, -0.25) is 0 Å². The Morgan fingerprint density at radius 1 is 1.50 bits per heavy atom. The van der Waals surface area contributed by atoms with Crippen molar-refractivity contribution in [1.29, 1.82) is 0 Å². The maximum atomic E-state index is 5.83. The zero-order chi connectivity index (χ0) is 11.5. The van der Waals surface area contributed by atoms with Gasteiger partial charge in [0.25, 0.3) is 5.89 Å². The molecule has 1 heterocycles. The van der Waals surface area contributed by atoms with Crippen LogP contribution in [0.1, 0.15) is 25.2 Å². The van der Waals surface area contributed by atoms with Crippen LogP contribution in [0, 0.1) is 3.57 Å². The minimum Gasteiger partial charge on any atom is -0.334 e. The number of nitrogens with zero attached hydrogens (tertiary/aromatic N) is 2. The number of benzene rings is 1. The fourth-order valence-corrected chi connectivity index (χ4v) is 1.85. The molecule has 2 rings (SSSR count). The Hall–Kier alpha value is -0.950. The van der Waals surface area contributed by atoms with E-state index < -0.39 is 0 Å². The zero-order valence-corrected chi connectivity index (χ0v) is 11.0. The van der Waals surface area contributed by atoms with Crippen molar-refractivity contribution in [1.82, 2.24) is 10.1 Å². The van der Waals surface area contributed by atoms with Crippen LogP contribution in [-0.4, -0.2) is 10.1 Å². The summed E-state index contributed by atoms with van der Waals surface area (Å²) >= 11 is 2.25. The lowest BCUT2D eigenvalue weighted by molar-refractivity contribution is 0.415. The summed E-state index contributed by atoms with van der Waals surface area (Å²) in [4.78, 5) is 4.29. The standard InChI is InChI=1S/C11H12IN3O/c1-2-9(13)10-14-11(16-15-10)7-4-3-5-8(12)6-7/h3-6,9H,2,13H2,1H3. The lowest BCUT2D eigenvalue weighted by Gasteiger charge is -1.99. The third-order valence-electron chi connectivity index (χ3n) is 2.28. The van der Waals surface area contributed by atoms with Crippen molar-refractivity contribution in [2.24, 2.45) is 5.73 Å². The zero-order valence-electron chi connectivity index (χ0n) is 8.85. The molecule has 0 fully saturated rings. The van der Waals surface area contributed by atoms with Gasteiger partial charge in [0.05, 0.1) is 6.04 Å². The maximum absolute atomic E-state index is 5.83. The molecule has 0 saturated carbocycles. The summed E-state index contributed by atoms with van der Waals surface area (Å²) in [5.74, 6) is 1.09. The second kappa shape index (κ2) is 4.92. The number of aromatic nitrogens is 2. The molecule has 2 N–H and O–H groups in total. The molecule has 5 heteroatoms. The Kier molecular flexibility index (Phi) is 3.55. The Labute approximate surface area is 107 Å². The molecule has 4 nitrogen and oxygen atoms in total. The Morgan fingerprint density at radius 2 is 2.31 bits per heavy atom. The van der Waals surface area contributed by atoms with Crippen molar-refractivity contribution in [2.75, 3.05) is 0 Å². The van der Waals surface area contributed by atoms with E-state index in [-0.39, 0.29) is 6.04 Å². The second-order valence-electron chi connectivity index (χ2n) is 3.48. The molecular formula is C11H12IN3O. The molecule has 1 atom stereocenters. The van der Waals surface area contributed by atoms with E-state index in [0.29, 0.717) is 11.7 Å². The third kappa shape index (κ3) is 2.41. The van der Waals surface area contributed by atoms with Crippen molar-refractivity contribution in [2.45, 2.75) is 19.4 Å². The molecule has 1 aromatic carbocycles. The largest absolute Gasteiger partial charge is 0.334 e. The first kappa shape index (κ1) is 11.5. The Balaban J connectivity index is 2.31. The minimum absolute atomic E-state index is 0.153. The summed E-state index contributed by atoms with van der Waals surface area (Å²) in [6.07, 6.45) is 0.797. The first-order valence-corrected chi connectivity index (χ1v) is 6.13. The highest BCUT2D eigenvalue weighted by Crippen LogP contribution is 2.21. The van der Waals surface area contributed by atoms with Crippen LogP contribution in [0.3, 0.4) is 0 Å². The summed E-state index contributed by atoms with van der Waals surface area (Å²) in [6.45, 7) is 1.99. The fraction of sp³-hybridized carbons (Fsp3) is 0.273. The minimum atomic E-state index is -0.153. The average Bonchev–Trinajstić information content (AvgIpc) is 2.77. The molecule has 0 amide bonds. The van der Waals surface area contributed by atoms with Crippen LogP contribution in [0.15, 0.2) is 28.8 Å². The predicted molar refractivity (Wildman–Crippen MR) is 69.7 cm³/mol. The van der Waals surface area contributed by atoms with E-state index in [0.717, 1.165) is 15.6 Å². The maximum Gasteiger partial charge on any atom is 0.258 e. The molecule has 2 aromatic rings. The van der Waals surface area contributed by atoms with E-state index in [9.17, 15) is 0 Å². The van der Waals surface area contributed by atoms with Crippen molar-refractivity contribution < 1.29 is 4.52 Å². The highest BCUT2D eigenvalue weighted by Gasteiger charge is 2.13. The van der Waals surface area contributed by atoms with Gasteiger partial charge in [-0.25, -0.2) is 0 Å². The van der Waals surface area contributed by atoms with E-state index in [1.165, 1.54) is 0 Å². The lowest BCUT2D eigenvalue weighted by atomic mass is 10.2. The number of hydrogen-bond donors (Lipinski definition) is 1. The number of rotatable bonds is 3. The molecule has 1 unspecified atom stereocenters. The molecule has 84 valence electrons. The summed E-state index contributed by atoms with van der Waals surface area (Å²) in [5, 5.41) is 3.88. The summed E-state index contributed by atoms with van der Waals surface area (Å²) < 4.78 is 6.32. The van der Waals surface area contributed by atoms with Crippen LogP contribution in [0.5, 0.6) is 0 Å². The molecular weight excluding hydrogens is 317 g/mol. The molecule has 0 aliphatic heterocycles. The van der Waals surface area contributed by atoms with E-state index >= 15 is 0 Å². The Morgan fingerprint density at radius 3 is 3.00 bits per heavy atom. The van der Waals surface area contributed by atoms with Crippen molar-refractivity contribution in [3.63, 3.8) is 0 Å². The molecule has 0 aliphatic rings. The highest BCUT2D eigenvalue weighted by molar-refractivity contribution is 14.1. The van der Waals surface area contributed by atoms with Gasteiger partial charge in [-0.15, -0.1) is 0 Å². The van der Waals surface area contributed by atoms with Gasteiger partial charge < -0.3 is 10.3 Å². The molecule has 0 aliphatic carbocycles. The number of nitrogens with two attached hydrogens (primary N) is 1. The van der Waals surface area contributed by atoms with Gasteiger partial charge in [-0.2, -0.15) is 4.98 Å². The van der Waals surface area contributed by atoms with Crippen LogP contribution in [0.2, 0.25) is 0 Å². The van der Waals surface area contributed by atoms with Crippen LogP contribution < -0.4 is 5.73 Å². The van der Waals surface area contributed by atoms with Gasteiger partial charge in [0.1, 0.15) is 0 Å². The number of hydrogen-bond acceptors (Lipinski definition) is 4. The molecule has 1 aromatic heterocycles. The summed E-state index contributed by atoms with van der Waals surface area (Å²) in [6, 6.07) is 7.76. The Bertz CT molecular complexity index is 484. The van der Waals surface area contributed by atoms with Crippen molar-refractivity contribution in [3.8, 4) is 11.5 Å². The first-order valence-electron chi connectivity index (χ1n) is 5.06. The van der Waals surface area contributed by atoms with E-state index in [1.54, 1.807) is 0 Å². The monoisotopic (exact) mass is 329 g/mol. The SMILES string of the molecule is CCC(N)c1noc(-c2cccc(I)c2)n1. The average molecular weight is 329 g/mol. The van der Waals surface area contributed by atoms with Gasteiger partial charge in [0, 0.05) is 9.13 Å². The van der Waals surface area contributed by atoms with E-state index in [2.05, 4.69) is 32.7 Å². The normalized spacial score (nSPS) is 12.7. The van der Waals surface area contributed by atoms with Crippen molar-refractivity contribution in [3.05, 3.63) is 33.7 Å². The third-order valence-corrected chi connectivity index (χ3v) is 2.96. The topological polar surface area (TPSA) is 64.9 Å². The summed E-state index contributed by atoms with van der Waals surface area (Å²) in [7, 11) is 0. The molecule has 16 heavy (non-hydrogen) atoms. The second-order valence-corrected chi connectivity index (χ2v) is 4.73. The quantitative estimate of drug-likeness (QED) is 0.880. The van der Waals surface area contributed by atoms with E-state index in [4.69, 9.17) is 10.3 Å². The molecule has 0 saturated heterocycles. The lowest BCUT2D eigenvalue weighted by Crippen LogP contribution is -2.10. The van der Waals surface area contributed by atoms with Crippen LogP contribution >= 0.6 is 22.6 Å². The van der Waals surface area contributed by atoms with Gasteiger partial charge in [-0.05, 0) is 47.2 Å². The first-order chi connectivity index (χ1) is 7.70. The van der Waals surface area contributed by atoms with Gasteiger partial charge in [0.2, 0.25) is 0 Å². The highest BCUT2D eigenvalue weighted by atomic mass is 127. The predicted octanol–water partition coefficient (Wildman–Crippen LogP) is 2.75. The van der Waals surface area contributed by atoms with Gasteiger partial charge in [0.15, 0.2) is 5.82 Å². The number of halogens is 1. The van der Waals surface area contributed by atoms with Crippen molar-refractivity contribution >= 4 is 22.6 Å². The van der Waals surface area contributed by atoms with Crippen LogP contribution in [-0.2, 0) is 0 Å². The molecule has 0 spiro atoms. The van der Waals surface area contributed by atoms with Crippen LogP contribution in [0.4, 0.5) is 0 Å². The smallest absolute Gasteiger partial charge is 0.258 e.